The van der Waals surface area contributed by atoms with E-state index in [2.05, 4.69) is 51.2 Å². The number of benzene rings is 1. The summed E-state index contributed by atoms with van der Waals surface area (Å²) in [5.74, 6) is -0.869. The molecule has 0 radical (unpaired) electrons. The maximum absolute atomic E-state index is 11.0. The van der Waals surface area contributed by atoms with Crippen molar-refractivity contribution in [1.29, 1.82) is 0 Å². The van der Waals surface area contributed by atoms with Crippen molar-refractivity contribution in [1.82, 2.24) is 0 Å². The van der Waals surface area contributed by atoms with Gasteiger partial charge in [0.05, 0.1) is 0 Å². The van der Waals surface area contributed by atoms with Crippen molar-refractivity contribution in [2.24, 2.45) is 5.92 Å². The molecule has 0 saturated carbocycles. The van der Waals surface area contributed by atoms with E-state index >= 15 is 0 Å². The fourth-order valence-corrected chi connectivity index (χ4v) is 7.77. The second-order valence-electron chi connectivity index (χ2n) is 3.57. The van der Waals surface area contributed by atoms with Gasteiger partial charge in [-0.15, -0.1) is 0 Å². The molecular weight excluding hydrogens is 547 g/mol. The first-order chi connectivity index (χ1) is 7.50. The van der Waals surface area contributed by atoms with Gasteiger partial charge in [0.25, 0.3) is 0 Å². The maximum atomic E-state index is 11.0. The Kier molecular flexibility index (Phi) is 4.20. The molecule has 1 atom stereocenters. The van der Waals surface area contributed by atoms with Crippen LogP contribution in [0.2, 0.25) is 0 Å². The summed E-state index contributed by atoms with van der Waals surface area (Å²) in [5, 5.41) is 9.06. The van der Waals surface area contributed by atoms with Crippen molar-refractivity contribution in [3.05, 3.63) is 22.3 Å². The number of carbonyl (C=O) groups is 1. The Morgan fingerprint density at radius 1 is 1.56 bits per heavy atom. The summed E-state index contributed by atoms with van der Waals surface area (Å²) in [6, 6.07) is 2.14. The van der Waals surface area contributed by atoms with E-state index in [-0.39, 0.29) is 27.1 Å². The molecule has 1 unspecified atom stereocenters. The molecule has 1 aliphatic heterocycles. The number of fused-ring (bicyclic) bond motifs is 1. The second-order valence-corrected chi connectivity index (χ2v) is 8.62. The number of hydrogen-bond donors (Lipinski definition) is 2. The monoisotopic (exact) mass is 556 g/mol. The first-order valence-electron chi connectivity index (χ1n) is 4.59. The zero-order chi connectivity index (χ0) is 11.9. The van der Waals surface area contributed by atoms with Gasteiger partial charge in [0, 0.05) is 0 Å². The zero-order valence-corrected chi connectivity index (χ0v) is 14.6. The predicted octanol–water partition coefficient (Wildman–Crippen LogP) is -1.01. The Morgan fingerprint density at radius 3 is 2.88 bits per heavy atom. The van der Waals surface area contributed by atoms with Crippen LogP contribution in [-0.4, -0.2) is 15.5 Å². The van der Waals surface area contributed by atoms with Crippen molar-refractivity contribution in [3.63, 3.8) is 0 Å². The van der Waals surface area contributed by atoms with Crippen LogP contribution in [0.1, 0.15) is 5.56 Å². The number of halogens is 3. The van der Waals surface area contributed by atoms with Gasteiger partial charge in [0.15, 0.2) is 0 Å². The van der Waals surface area contributed by atoms with Crippen molar-refractivity contribution in [2.75, 3.05) is 10.2 Å². The molecule has 1 aromatic rings. The zero-order valence-electron chi connectivity index (χ0n) is 8.14. The summed E-state index contributed by atoms with van der Waals surface area (Å²) in [4.78, 5) is 11.0. The van der Waals surface area contributed by atoms with Crippen LogP contribution in [0.5, 0.6) is 0 Å². The van der Waals surface area contributed by atoms with Crippen molar-refractivity contribution < 1.29 is 31.1 Å². The molecule has 0 aliphatic carbocycles. The van der Waals surface area contributed by atoms with E-state index in [0.717, 1.165) is 17.3 Å². The molecule has 1 aliphatic rings. The van der Waals surface area contributed by atoms with Gasteiger partial charge in [0.1, 0.15) is 0 Å². The number of aliphatic carboxylic acids is 1. The molecule has 16 heavy (non-hydrogen) atoms. The molecule has 1 heterocycles. The normalized spacial score (nSPS) is 19.8. The molecule has 0 spiro atoms. The molecule has 0 saturated heterocycles. The van der Waals surface area contributed by atoms with E-state index in [1.54, 1.807) is 0 Å². The van der Waals surface area contributed by atoms with Crippen LogP contribution in [0.25, 0.3) is 0 Å². The Bertz CT molecular complexity index is 462. The van der Waals surface area contributed by atoms with Gasteiger partial charge >= 0.3 is 133 Å². The standard InChI is InChI=1S/C10H9I3NO2/c11-6-2-7-5(8(12)9(6)14)1-4(3-13-7)10(15)16/h2,4H,1,3,14H2,(H,15,16)/q-1. The molecule has 3 nitrogen and oxygen atoms in total. The number of nitrogens with two attached hydrogens (primary N) is 1. The molecule has 0 aromatic heterocycles. The van der Waals surface area contributed by atoms with E-state index in [4.69, 9.17) is 10.8 Å². The van der Waals surface area contributed by atoms with E-state index < -0.39 is 5.97 Å². The fraction of sp³-hybridized carbons (Fsp3) is 0.300. The summed E-state index contributed by atoms with van der Waals surface area (Å²) < 4.78 is 4.37. The van der Waals surface area contributed by atoms with Crippen LogP contribution >= 0.6 is 45.2 Å². The van der Waals surface area contributed by atoms with Crippen LogP contribution < -0.4 is 26.9 Å². The Hall–Kier alpha value is 0.680. The molecule has 0 bridgehead atoms. The van der Waals surface area contributed by atoms with E-state index in [1.165, 1.54) is 9.13 Å². The van der Waals surface area contributed by atoms with Crippen LogP contribution in [0, 0.1) is 16.6 Å². The first-order valence-corrected chi connectivity index (χ1v) is 9.35. The SMILES string of the molecule is Nc1c(I)cc2c(c1I)CC(C(=O)O)C[I-]2. The van der Waals surface area contributed by atoms with Crippen LogP contribution in [0.4, 0.5) is 5.69 Å². The van der Waals surface area contributed by atoms with E-state index in [1.807, 2.05) is 0 Å². The predicted molar refractivity (Wildman–Crippen MR) is 74.7 cm³/mol. The molecular formula is C10H9I3NO2-. The van der Waals surface area contributed by atoms with Gasteiger partial charge in [-0.3, -0.25) is 0 Å². The third kappa shape index (κ3) is 2.42. The van der Waals surface area contributed by atoms with E-state index in [0.29, 0.717) is 6.42 Å². The molecule has 88 valence electrons. The average Bonchev–Trinajstić information content (AvgIpc) is 2.25. The Labute approximate surface area is 131 Å². The van der Waals surface area contributed by atoms with Crippen molar-refractivity contribution in [2.45, 2.75) is 6.42 Å². The topological polar surface area (TPSA) is 63.3 Å². The number of carboxylic acids is 1. The van der Waals surface area contributed by atoms with Gasteiger partial charge in [0.2, 0.25) is 0 Å². The second kappa shape index (κ2) is 5.12. The van der Waals surface area contributed by atoms with Crippen molar-refractivity contribution >= 4 is 56.8 Å². The average molecular weight is 556 g/mol. The van der Waals surface area contributed by atoms with Gasteiger partial charge in [-0.25, -0.2) is 0 Å². The number of alkyl halides is 1. The number of rotatable bonds is 1. The Morgan fingerprint density at radius 2 is 2.25 bits per heavy atom. The number of hydrogen-bond acceptors (Lipinski definition) is 2. The summed E-state index contributed by atoms with van der Waals surface area (Å²) in [6.45, 7) is 0. The molecule has 2 rings (SSSR count). The quantitative estimate of drug-likeness (QED) is 0.265. The van der Waals surface area contributed by atoms with Gasteiger partial charge in [-0.1, -0.05) is 0 Å². The number of carboxylic acid groups (broad SMARTS) is 1. The summed E-state index contributed by atoms with van der Waals surface area (Å²) in [6.07, 6.45) is 0.643. The minimum absolute atomic E-state index is 0.171. The molecule has 1 aromatic carbocycles. The molecule has 6 heteroatoms. The fourth-order valence-electron chi connectivity index (χ4n) is 1.59. The number of nitrogen functional groups attached to an aromatic ring is 1. The van der Waals surface area contributed by atoms with E-state index in [9.17, 15) is 4.79 Å². The third-order valence-corrected chi connectivity index (χ3v) is 7.92. The summed E-state index contributed by atoms with van der Waals surface area (Å²) in [5.41, 5.74) is 7.96. The summed E-state index contributed by atoms with van der Waals surface area (Å²) >= 11 is 4.32. The molecule has 3 N–H and O–H groups in total. The van der Waals surface area contributed by atoms with Gasteiger partial charge in [-0.2, -0.15) is 0 Å². The van der Waals surface area contributed by atoms with Crippen molar-refractivity contribution in [3.8, 4) is 0 Å². The first kappa shape index (κ1) is 13.1. The summed E-state index contributed by atoms with van der Waals surface area (Å²) in [7, 11) is 0. The van der Waals surface area contributed by atoms with Crippen LogP contribution in [0.3, 0.4) is 0 Å². The van der Waals surface area contributed by atoms with Crippen LogP contribution in [0.15, 0.2) is 6.07 Å². The van der Waals surface area contributed by atoms with Crippen LogP contribution in [-0.2, 0) is 11.2 Å². The number of anilines is 1. The third-order valence-electron chi connectivity index (χ3n) is 2.51. The Balaban J connectivity index is 2.45. The van der Waals surface area contributed by atoms with Gasteiger partial charge < -0.3 is 0 Å². The minimum atomic E-state index is -0.668. The molecule has 0 amide bonds. The van der Waals surface area contributed by atoms with Gasteiger partial charge in [-0.05, 0) is 0 Å². The molecule has 0 fully saturated rings.